The van der Waals surface area contributed by atoms with Gasteiger partial charge in [0.05, 0.1) is 13.2 Å². The lowest BCUT2D eigenvalue weighted by atomic mass is 9.84. The molecule has 0 aliphatic carbocycles. The number of aliphatic hydroxyl groups excluding tert-OH is 1. The van der Waals surface area contributed by atoms with E-state index in [0.29, 0.717) is 13.2 Å². The van der Waals surface area contributed by atoms with Gasteiger partial charge in [-0.1, -0.05) is 6.92 Å². The molecule has 0 amide bonds. The minimum atomic E-state index is 0. The van der Waals surface area contributed by atoms with Gasteiger partial charge in [0, 0.05) is 38.3 Å². The van der Waals surface area contributed by atoms with Crippen molar-refractivity contribution in [1.82, 2.24) is 15.5 Å². The Morgan fingerprint density at radius 2 is 2.19 bits per heavy atom. The molecule has 6 nitrogen and oxygen atoms in total. The Labute approximate surface area is 182 Å². The predicted octanol–water partition coefficient (Wildman–Crippen LogP) is 2.46. The van der Waals surface area contributed by atoms with Crippen LogP contribution in [0.15, 0.2) is 4.99 Å². The van der Waals surface area contributed by atoms with Crippen molar-refractivity contribution in [3.05, 3.63) is 0 Å². The van der Waals surface area contributed by atoms with E-state index in [-0.39, 0.29) is 36.0 Å². The molecule has 2 fully saturated rings. The number of piperidine rings is 1. The fourth-order valence-corrected chi connectivity index (χ4v) is 4.03. The van der Waals surface area contributed by atoms with Gasteiger partial charge in [-0.15, -0.1) is 24.0 Å². The fraction of sp³-hybridized carbons (Fsp3) is 0.950. The molecule has 2 rings (SSSR count). The zero-order chi connectivity index (χ0) is 18.7. The molecule has 2 heterocycles. The van der Waals surface area contributed by atoms with E-state index in [2.05, 4.69) is 29.4 Å². The standard InChI is InChI=1S/C20H40N4O2.HI/c1-3-21-19(23-16-20(8-13-25)9-14-26-17-20)22-10-4-5-11-24-12-6-7-18(2)15-24;/h18,25H,3-17H2,1-2H3,(H2,21,22,23);1H. The minimum absolute atomic E-state index is 0. The molecule has 0 radical (unpaired) electrons. The predicted molar refractivity (Wildman–Crippen MR) is 123 cm³/mol. The second-order valence-corrected chi connectivity index (χ2v) is 8.15. The molecule has 2 unspecified atom stereocenters. The number of nitrogens with zero attached hydrogens (tertiary/aromatic N) is 2. The molecule has 2 aliphatic heterocycles. The number of aliphatic imine (C=N–C) groups is 1. The van der Waals surface area contributed by atoms with Gasteiger partial charge in [0.15, 0.2) is 5.96 Å². The largest absolute Gasteiger partial charge is 0.396 e. The molecule has 2 aliphatic rings. The van der Waals surface area contributed by atoms with Gasteiger partial charge in [0.25, 0.3) is 0 Å². The lowest BCUT2D eigenvalue weighted by molar-refractivity contribution is 0.131. The third-order valence-electron chi connectivity index (χ3n) is 5.68. The first-order chi connectivity index (χ1) is 12.7. The zero-order valence-electron chi connectivity index (χ0n) is 17.3. The van der Waals surface area contributed by atoms with Crippen LogP contribution in [-0.2, 0) is 4.74 Å². The highest BCUT2D eigenvalue weighted by Crippen LogP contribution is 2.32. The topological polar surface area (TPSA) is 69.1 Å². The van der Waals surface area contributed by atoms with E-state index >= 15 is 0 Å². The number of unbranched alkanes of at least 4 members (excludes halogenated alkanes) is 1. The molecule has 0 aromatic rings. The highest BCUT2D eigenvalue weighted by atomic mass is 127. The molecule has 3 N–H and O–H groups in total. The summed E-state index contributed by atoms with van der Waals surface area (Å²) in [6, 6.07) is 0. The van der Waals surface area contributed by atoms with Gasteiger partial charge < -0.3 is 25.4 Å². The Balaban J connectivity index is 0.00000364. The van der Waals surface area contributed by atoms with E-state index in [9.17, 15) is 5.11 Å². The van der Waals surface area contributed by atoms with Crippen LogP contribution in [0.5, 0.6) is 0 Å². The number of guanidine groups is 1. The summed E-state index contributed by atoms with van der Waals surface area (Å²) in [4.78, 5) is 7.39. The second kappa shape index (κ2) is 14.0. The molecule has 0 aromatic heterocycles. The average molecular weight is 496 g/mol. The van der Waals surface area contributed by atoms with Crippen molar-refractivity contribution in [3.63, 3.8) is 0 Å². The third-order valence-corrected chi connectivity index (χ3v) is 5.68. The zero-order valence-corrected chi connectivity index (χ0v) is 19.7. The van der Waals surface area contributed by atoms with Crippen LogP contribution in [0.2, 0.25) is 0 Å². The monoisotopic (exact) mass is 496 g/mol. The molecule has 0 aromatic carbocycles. The maximum absolute atomic E-state index is 9.35. The number of hydrogen-bond donors (Lipinski definition) is 3. The summed E-state index contributed by atoms with van der Waals surface area (Å²) in [5, 5.41) is 16.2. The number of aliphatic hydroxyl groups is 1. The van der Waals surface area contributed by atoms with E-state index in [0.717, 1.165) is 44.4 Å². The molecule has 160 valence electrons. The summed E-state index contributed by atoms with van der Waals surface area (Å²) in [5.41, 5.74) is 0.0159. The van der Waals surface area contributed by atoms with Crippen molar-refractivity contribution in [2.75, 3.05) is 59.1 Å². The van der Waals surface area contributed by atoms with Gasteiger partial charge in [-0.3, -0.25) is 4.99 Å². The Bertz CT molecular complexity index is 417. The smallest absolute Gasteiger partial charge is 0.191 e. The number of halogens is 1. The normalized spacial score (nSPS) is 26.6. The molecule has 0 spiro atoms. The number of hydrogen-bond acceptors (Lipinski definition) is 4. The molecule has 0 bridgehead atoms. The summed E-state index contributed by atoms with van der Waals surface area (Å²) >= 11 is 0. The molecule has 0 saturated carbocycles. The first-order valence-corrected chi connectivity index (χ1v) is 10.6. The van der Waals surface area contributed by atoms with Crippen molar-refractivity contribution in [1.29, 1.82) is 0 Å². The second-order valence-electron chi connectivity index (χ2n) is 8.15. The van der Waals surface area contributed by atoms with Gasteiger partial charge in [-0.25, -0.2) is 0 Å². The van der Waals surface area contributed by atoms with Gasteiger partial charge in [0.2, 0.25) is 0 Å². The number of likely N-dealkylation sites (tertiary alicyclic amines) is 1. The molecule has 27 heavy (non-hydrogen) atoms. The SMILES string of the molecule is CCNC(=NCC1(CCO)CCOC1)NCCCCN1CCCC(C)C1.I. The van der Waals surface area contributed by atoms with Crippen molar-refractivity contribution >= 4 is 29.9 Å². The Morgan fingerprint density at radius 3 is 2.85 bits per heavy atom. The summed E-state index contributed by atoms with van der Waals surface area (Å²) in [6.07, 6.45) is 6.91. The lowest BCUT2D eigenvalue weighted by Gasteiger charge is -2.30. The Kier molecular flexibility index (Phi) is 12.9. The van der Waals surface area contributed by atoms with Crippen molar-refractivity contribution < 1.29 is 9.84 Å². The number of ether oxygens (including phenoxy) is 1. The van der Waals surface area contributed by atoms with Crippen LogP contribution in [0, 0.1) is 11.3 Å². The Hall–Kier alpha value is -0.120. The lowest BCUT2D eigenvalue weighted by Crippen LogP contribution is -2.39. The summed E-state index contributed by atoms with van der Waals surface area (Å²) < 4.78 is 5.56. The van der Waals surface area contributed by atoms with Crippen LogP contribution in [0.1, 0.15) is 52.4 Å². The quantitative estimate of drug-likeness (QED) is 0.188. The van der Waals surface area contributed by atoms with Crippen LogP contribution in [0.3, 0.4) is 0 Å². The fourth-order valence-electron chi connectivity index (χ4n) is 4.03. The Morgan fingerprint density at radius 1 is 1.33 bits per heavy atom. The van der Waals surface area contributed by atoms with Crippen LogP contribution in [-0.4, -0.2) is 75.1 Å². The van der Waals surface area contributed by atoms with Crippen LogP contribution < -0.4 is 10.6 Å². The van der Waals surface area contributed by atoms with Crippen LogP contribution in [0.25, 0.3) is 0 Å². The molecular weight excluding hydrogens is 455 g/mol. The van der Waals surface area contributed by atoms with E-state index in [1.54, 1.807) is 0 Å². The summed E-state index contributed by atoms with van der Waals surface area (Å²) in [5.74, 6) is 1.75. The molecule has 2 atom stereocenters. The van der Waals surface area contributed by atoms with Crippen molar-refractivity contribution in [3.8, 4) is 0 Å². The maximum Gasteiger partial charge on any atom is 0.191 e. The van der Waals surface area contributed by atoms with Gasteiger partial charge >= 0.3 is 0 Å². The van der Waals surface area contributed by atoms with Gasteiger partial charge in [0.1, 0.15) is 0 Å². The van der Waals surface area contributed by atoms with Crippen LogP contribution in [0.4, 0.5) is 0 Å². The maximum atomic E-state index is 9.35. The van der Waals surface area contributed by atoms with Gasteiger partial charge in [-0.05, 0) is 64.5 Å². The summed E-state index contributed by atoms with van der Waals surface area (Å²) in [7, 11) is 0. The molecular formula is C20H41IN4O2. The third kappa shape index (κ3) is 9.28. The van der Waals surface area contributed by atoms with E-state index in [4.69, 9.17) is 9.73 Å². The first-order valence-electron chi connectivity index (χ1n) is 10.6. The van der Waals surface area contributed by atoms with Crippen LogP contribution >= 0.6 is 24.0 Å². The first kappa shape index (κ1) is 24.9. The highest BCUT2D eigenvalue weighted by Gasteiger charge is 2.34. The number of nitrogens with one attached hydrogen (secondary N) is 2. The highest BCUT2D eigenvalue weighted by molar-refractivity contribution is 14.0. The van der Waals surface area contributed by atoms with E-state index in [1.807, 2.05) is 0 Å². The van der Waals surface area contributed by atoms with E-state index in [1.165, 1.54) is 45.3 Å². The van der Waals surface area contributed by atoms with Crippen molar-refractivity contribution in [2.45, 2.75) is 52.4 Å². The summed E-state index contributed by atoms with van der Waals surface area (Å²) in [6.45, 7) is 12.5. The van der Waals surface area contributed by atoms with E-state index < -0.39 is 0 Å². The van der Waals surface area contributed by atoms with Crippen molar-refractivity contribution in [2.24, 2.45) is 16.3 Å². The average Bonchev–Trinajstić information content (AvgIpc) is 3.08. The molecule has 2 saturated heterocycles. The molecule has 7 heteroatoms. The minimum Gasteiger partial charge on any atom is -0.396 e. The van der Waals surface area contributed by atoms with Gasteiger partial charge in [-0.2, -0.15) is 0 Å². The number of rotatable bonds is 10.